The van der Waals surface area contributed by atoms with Gasteiger partial charge in [-0.25, -0.2) is 4.79 Å². The van der Waals surface area contributed by atoms with Crippen molar-refractivity contribution in [2.24, 2.45) is 0 Å². The number of hydrogen-bond donors (Lipinski definition) is 2. The third kappa shape index (κ3) is 5.58. The van der Waals surface area contributed by atoms with E-state index in [0.29, 0.717) is 37.2 Å². The summed E-state index contributed by atoms with van der Waals surface area (Å²) in [6.07, 6.45) is 5.39. The Hall–Kier alpha value is -2.37. The summed E-state index contributed by atoms with van der Waals surface area (Å²) < 4.78 is 5.57. The van der Waals surface area contributed by atoms with E-state index in [-0.39, 0.29) is 18.1 Å². The van der Waals surface area contributed by atoms with E-state index in [2.05, 4.69) is 5.32 Å². The van der Waals surface area contributed by atoms with Crippen molar-refractivity contribution in [1.82, 2.24) is 5.32 Å². The molecule has 2 rings (SSSR count). The SMILES string of the molecule is CC(=O)c1ccc(OCCCC(=O)NC2(C(=O)O)CCCCCC2)cc1. The molecule has 1 saturated carbocycles. The molecule has 1 amide bonds. The zero-order valence-electron chi connectivity index (χ0n) is 15.3. The second kappa shape index (κ2) is 9.36. The van der Waals surface area contributed by atoms with Gasteiger partial charge in [-0.15, -0.1) is 0 Å². The number of amides is 1. The number of carbonyl (C=O) groups is 3. The fraction of sp³-hybridized carbons (Fsp3) is 0.550. The summed E-state index contributed by atoms with van der Waals surface area (Å²) in [6.45, 7) is 1.86. The van der Waals surface area contributed by atoms with Gasteiger partial charge in [-0.3, -0.25) is 9.59 Å². The van der Waals surface area contributed by atoms with Crippen LogP contribution in [-0.2, 0) is 9.59 Å². The second-order valence-electron chi connectivity index (χ2n) is 6.88. The van der Waals surface area contributed by atoms with Crippen LogP contribution in [-0.4, -0.2) is 34.9 Å². The van der Waals surface area contributed by atoms with E-state index < -0.39 is 11.5 Å². The number of carbonyl (C=O) groups excluding carboxylic acids is 2. The van der Waals surface area contributed by atoms with Crippen LogP contribution in [0.4, 0.5) is 0 Å². The van der Waals surface area contributed by atoms with Gasteiger partial charge < -0.3 is 15.2 Å². The molecule has 0 radical (unpaired) electrons. The van der Waals surface area contributed by atoms with Gasteiger partial charge in [0, 0.05) is 12.0 Å². The molecule has 0 aliphatic heterocycles. The van der Waals surface area contributed by atoms with Gasteiger partial charge in [-0.05, 0) is 50.5 Å². The van der Waals surface area contributed by atoms with Crippen molar-refractivity contribution in [2.75, 3.05) is 6.61 Å². The first-order chi connectivity index (χ1) is 12.4. The minimum atomic E-state index is -1.11. The molecule has 1 aromatic carbocycles. The summed E-state index contributed by atoms with van der Waals surface area (Å²) in [5.41, 5.74) is -0.490. The quantitative estimate of drug-likeness (QED) is 0.421. The second-order valence-corrected chi connectivity index (χ2v) is 6.88. The molecule has 0 saturated heterocycles. The van der Waals surface area contributed by atoms with Crippen LogP contribution in [0.2, 0.25) is 0 Å². The highest BCUT2D eigenvalue weighted by molar-refractivity contribution is 5.94. The first-order valence-electron chi connectivity index (χ1n) is 9.21. The minimum absolute atomic E-state index is 0.000839. The Bertz CT molecular complexity index is 630. The first-order valence-corrected chi connectivity index (χ1v) is 9.21. The molecule has 0 atom stereocenters. The summed E-state index contributed by atoms with van der Waals surface area (Å²) in [4.78, 5) is 35.1. The van der Waals surface area contributed by atoms with E-state index in [1.54, 1.807) is 24.3 Å². The fourth-order valence-electron chi connectivity index (χ4n) is 3.26. The summed E-state index contributed by atoms with van der Waals surface area (Å²) in [5.74, 6) is -0.542. The number of Topliss-reactive ketones (excluding diaryl/α,β-unsaturated/α-hetero) is 1. The van der Waals surface area contributed by atoms with Gasteiger partial charge in [0.25, 0.3) is 0 Å². The Morgan fingerprint density at radius 1 is 1.08 bits per heavy atom. The molecular formula is C20H27NO5. The van der Waals surface area contributed by atoms with Crippen LogP contribution in [0.5, 0.6) is 5.75 Å². The molecule has 0 bridgehead atoms. The number of benzene rings is 1. The molecule has 6 nitrogen and oxygen atoms in total. The Morgan fingerprint density at radius 2 is 1.69 bits per heavy atom. The Balaban J connectivity index is 1.77. The third-order valence-corrected chi connectivity index (χ3v) is 4.82. The maximum Gasteiger partial charge on any atom is 0.329 e. The third-order valence-electron chi connectivity index (χ3n) is 4.82. The highest BCUT2D eigenvalue weighted by atomic mass is 16.5. The topological polar surface area (TPSA) is 92.7 Å². The summed E-state index contributed by atoms with van der Waals surface area (Å²) >= 11 is 0. The van der Waals surface area contributed by atoms with Gasteiger partial charge >= 0.3 is 5.97 Å². The molecule has 0 aromatic heterocycles. The maximum absolute atomic E-state index is 12.2. The molecule has 6 heteroatoms. The van der Waals surface area contributed by atoms with Crippen molar-refractivity contribution in [3.05, 3.63) is 29.8 Å². The number of rotatable bonds is 8. The van der Waals surface area contributed by atoms with Gasteiger partial charge in [0.1, 0.15) is 11.3 Å². The number of carboxylic acid groups (broad SMARTS) is 1. The van der Waals surface area contributed by atoms with Crippen LogP contribution in [0.1, 0.15) is 68.6 Å². The first kappa shape index (κ1) is 19.9. The van der Waals surface area contributed by atoms with Crippen LogP contribution < -0.4 is 10.1 Å². The highest BCUT2D eigenvalue weighted by Gasteiger charge is 2.39. The zero-order valence-corrected chi connectivity index (χ0v) is 15.3. The standard InChI is InChI=1S/C20H27NO5/c1-15(22)16-8-10-17(11-9-16)26-14-6-7-18(23)21-20(19(24)25)12-4-2-3-5-13-20/h8-11H,2-7,12-14H2,1H3,(H,21,23)(H,24,25). The van der Waals surface area contributed by atoms with E-state index in [0.717, 1.165) is 25.7 Å². The van der Waals surface area contributed by atoms with Crippen molar-refractivity contribution in [3.63, 3.8) is 0 Å². The van der Waals surface area contributed by atoms with Crippen molar-refractivity contribution >= 4 is 17.7 Å². The van der Waals surface area contributed by atoms with Crippen LogP contribution in [0.15, 0.2) is 24.3 Å². The predicted molar refractivity (Wildman–Crippen MR) is 97.4 cm³/mol. The number of ether oxygens (including phenoxy) is 1. The van der Waals surface area contributed by atoms with Crippen molar-refractivity contribution in [3.8, 4) is 5.75 Å². The number of carboxylic acids is 1. The van der Waals surface area contributed by atoms with Crippen molar-refractivity contribution in [2.45, 2.75) is 63.8 Å². The van der Waals surface area contributed by atoms with Crippen molar-refractivity contribution < 1.29 is 24.2 Å². The molecule has 0 spiro atoms. The zero-order chi connectivity index (χ0) is 19.0. The Labute approximate surface area is 153 Å². The molecule has 26 heavy (non-hydrogen) atoms. The lowest BCUT2D eigenvalue weighted by atomic mass is 9.90. The van der Waals surface area contributed by atoms with Crippen LogP contribution >= 0.6 is 0 Å². The molecule has 1 aromatic rings. The highest BCUT2D eigenvalue weighted by Crippen LogP contribution is 2.27. The molecule has 142 valence electrons. The predicted octanol–water partition coefficient (Wildman–Crippen LogP) is 3.34. The number of hydrogen-bond acceptors (Lipinski definition) is 4. The van der Waals surface area contributed by atoms with Crippen molar-refractivity contribution in [1.29, 1.82) is 0 Å². The lowest BCUT2D eigenvalue weighted by Gasteiger charge is -2.29. The number of ketones is 1. The number of nitrogens with one attached hydrogen (secondary N) is 1. The summed E-state index contributed by atoms with van der Waals surface area (Å²) in [5, 5.41) is 12.3. The van der Waals surface area contributed by atoms with Crippen LogP contribution in [0.25, 0.3) is 0 Å². The van der Waals surface area contributed by atoms with E-state index in [9.17, 15) is 19.5 Å². The Morgan fingerprint density at radius 3 is 2.23 bits per heavy atom. The van der Waals surface area contributed by atoms with Crippen LogP contribution in [0, 0.1) is 0 Å². The average molecular weight is 361 g/mol. The fourth-order valence-corrected chi connectivity index (χ4v) is 3.26. The molecule has 2 N–H and O–H groups in total. The summed E-state index contributed by atoms with van der Waals surface area (Å²) in [6, 6.07) is 6.85. The molecule has 1 aliphatic rings. The molecule has 0 heterocycles. The van der Waals surface area contributed by atoms with E-state index >= 15 is 0 Å². The lowest BCUT2D eigenvalue weighted by molar-refractivity contribution is -0.148. The molecule has 0 unspecified atom stereocenters. The molecule has 1 fully saturated rings. The smallest absolute Gasteiger partial charge is 0.329 e. The largest absolute Gasteiger partial charge is 0.494 e. The molecular weight excluding hydrogens is 334 g/mol. The summed E-state index contributed by atoms with van der Waals surface area (Å²) in [7, 11) is 0. The van der Waals surface area contributed by atoms with Gasteiger partial charge in [0.15, 0.2) is 5.78 Å². The monoisotopic (exact) mass is 361 g/mol. The lowest BCUT2D eigenvalue weighted by Crippen LogP contribution is -2.54. The Kier molecular flexibility index (Phi) is 7.18. The minimum Gasteiger partial charge on any atom is -0.494 e. The van der Waals surface area contributed by atoms with E-state index in [1.807, 2.05) is 0 Å². The van der Waals surface area contributed by atoms with Gasteiger partial charge in [0.05, 0.1) is 6.61 Å². The maximum atomic E-state index is 12.2. The normalized spacial score (nSPS) is 16.3. The average Bonchev–Trinajstić information content (AvgIpc) is 2.85. The molecule has 1 aliphatic carbocycles. The van der Waals surface area contributed by atoms with Gasteiger partial charge in [-0.2, -0.15) is 0 Å². The van der Waals surface area contributed by atoms with E-state index in [4.69, 9.17) is 4.74 Å². The van der Waals surface area contributed by atoms with Gasteiger partial charge in [0.2, 0.25) is 5.91 Å². The number of aliphatic carboxylic acids is 1. The van der Waals surface area contributed by atoms with E-state index in [1.165, 1.54) is 6.92 Å². The van der Waals surface area contributed by atoms with Gasteiger partial charge in [-0.1, -0.05) is 25.7 Å². The van der Waals surface area contributed by atoms with Crippen LogP contribution in [0.3, 0.4) is 0 Å².